The first kappa shape index (κ1) is 17.1. The topological polar surface area (TPSA) is 95.7 Å². The summed E-state index contributed by atoms with van der Waals surface area (Å²) in [6.07, 6.45) is -0.977. The van der Waals surface area contributed by atoms with E-state index >= 15 is 0 Å². The number of aromatic nitrogens is 2. The van der Waals surface area contributed by atoms with Crippen molar-refractivity contribution >= 4 is 9.84 Å². The van der Waals surface area contributed by atoms with Crippen LogP contribution in [0.5, 0.6) is 0 Å². The predicted molar refractivity (Wildman–Crippen MR) is 88.0 cm³/mol. The van der Waals surface area contributed by atoms with Gasteiger partial charge in [-0.25, -0.2) is 8.42 Å². The van der Waals surface area contributed by atoms with Gasteiger partial charge < -0.3 is 10.2 Å². The molecule has 0 amide bonds. The molecule has 1 aliphatic rings. The lowest BCUT2D eigenvalue weighted by Crippen LogP contribution is -2.36. The van der Waals surface area contributed by atoms with Crippen molar-refractivity contribution in [2.24, 2.45) is 0 Å². The number of aliphatic hydroxyl groups is 2. The van der Waals surface area contributed by atoms with Gasteiger partial charge in [0.15, 0.2) is 9.84 Å². The molecule has 3 rings (SSSR count). The minimum absolute atomic E-state index is 0.0667. The summed E-state index contributed by atoms with van der Waals surface area (Å²) in [5.74, 6) is 0.0667. The van der Waals surface area contributed by atoms with Gasteiger partial charge in [-0.1, -0.05) is 18.2 Å². The standard InChI is InChI=1S/C16H21N3O4S/c20-12-16(21)15-10-13-11-18(6-7-19(13)17-15)8-9-24(22,23)14-4-2-1-3-5-14/h1-5,10,16,20-21H,6-9,11-12H2. The Morgan fingerprint density at radius 1 is 1.21 bits per heavy atom. The second-order valence-corrected chi connectivity index (χ2v) is 8.00. The van der Waals surface area contributed by atoms with Gasteiger partial charge in [0.2, 0.25) is 0 Å². The zero-order valence-electron chi connectivity index (χ0n) is 13.2. The van der Waals surface area contributed by atoms with Crippen LogP contribution < -0.4 is 0 Å². The van der Waals surface area contributed by atoms with Crippen LogP contribution in [-0.4, -0.2) is 58.8 Å². The average molecular weight is 351 g/mol. The monoisotopic (exact) mass is 351 g/mol. The second kappa shape index (κ2) is 7.02. The maximum atomic E-state index is 12.3. The van der Waals surface area contributed by atoms with E-state index in [0.717, 1.165) is 5.69 Å². The summed E-state index contributed by atoms with van der Waals surface area (Å²) >= 11 is 0. The summed E-state index contributed by atoms with van der Waals surface area (Å²) in [5.41, 5.74) is 1.37. The summed E-state index contributed by atoms with van der Waals surface area (Å²) < 4.78 is 26.5. The smallest absolute Gasteiger partial charge is 0.179 e. The van der Waals surface area contributed by atoms with Crippen LogP contribution >= 0.6 is 0 Å². The van der Waals surface area contributed by atoms with Crippen molar-refractivity contribution in [2.75, 3.05) is 25.4 Å². The number of nitrogens with zero attached hydrogens (tertiary/aromatic N) is 3. The molecule has 1 aromatic heterocycles. The Labute approximate surface area is 141 Å². The Kier molecular flexibility index (Phi) is 5.00. The Hall–Kier alpha value is -1.74. The average Bonchev–Trinajstić information content (AvgIpc) is 3.03. The molecule has 2 N–H and O–H groups in total. The van der Waals surface area contributed by atoms with Crippen molar-refractivity contribution in [2.45, 2.75) is 24.1 Å². The molecular weight excluding hydrogens is 330 g/mol. The third-order valence-corrected chi connectivity index (χ3v) is 5.90. The summed E-state index contributed by atoms with van der Waals surface area (Å²) in [5, 5.41) is 22.9. The molecule has 1 aliphatic heterocycles. The number of hydrogen-bond donors (Lipinski definition) is 2. The van der Waals surface area contributed by atoms with E-state index in [4.69, 9.17) is 5.11 Å². The highest BCUT2D eigenvalue weighted by Crippen LogP contribution is 2.18. The molecule has 0 spiro atoms. The quantitative estimate of drug-likeness (QED) is 0.772. The van der Waals surface area contributed by atoms with E-state index < -0.39 is 15.9 Å². The molecule has 0 aliphatic carbocycles. The van der Waals surface area contributed by atoms with Crippen molar-refractivity contribution in [3.8, 4) is 0 Å². The predicted octanol–water partition coefficient (Wildman–Crippen LogP) is 0.198. The van der Waals surface area contributed by atoms with E-state index in [1.807, 2.05) is 0 Å². The van der Waals surface area contributed by atoms with Crippen LogP contribution in [0, 0.1) is 0 Å². The summed E-state index contributed by atoms with van der Waals surface area (Å²) in [6.45, 7) is 2.00. The highest BCUT2D eigenvalue weighted by Gasteiger charge is 2.22. The highest BCUT2D eigenvalue weighted by atomic mass is 32.2. The summed E-state index contributed by atoms with van der Waals surface area (Å²) in [4.78, 5) is 2.41. The molecule has 8 heteroatoms. The van der Waals surface area contributed by atoms with Gasteiger partial charge in [0.25, 0.3) is 0 Å². The number of hydrogen-bond acceptors (Lipinski definition) is 6. The molecule has 2 aromatic rings. The first-order valence-electron chi connectivity index (χ1n) is 7.85. The molecule has 1 unspecified atom stereocenters. The van der Waals surface area contributed by atoms with Crippen LogP contribution in [0.2, 0.25) is 0 Å². The van der Waals surface area contributed by atoms with Crippen LogP contribution in [0.1, 0.15) is 17.5 Å². The molecule has 0 fully saturated rings. The van der Waals surface area contributed by atoms with Gasteiger partial charge in [0.1, 0.15) is 6.10 Å². The van der Waals surface area contributed by atoms with E-state index in [1.165, 1.54) is 0 Å². The number of aliphatic hydroxyl groups excluding tert-OH is 2. The van der Waals surface area contributed by atoms with Crippen molar-refractivity contribution in [1.29, 1.82) is 0 Å². The van der Waals surface area contributed by atoms with Gasteiger partial charge in [-0.2, -0.15) is 5.10 Å². The maximum absolute atomic E-state index is 12.3. The first-order valence-corrected chi connectivity index (χ1v) is 9.50. The molecule has 130 valence electrons. The van der Waals surface area contributed by atoms with Crippen LogP contribution in [0.15, 0.2) is 41.3 Å². The first-order chi connectivity index (χ1) is 11.5. The molecule has 7 nitrogen and oxygen atoms in total. The molecule has 0 saturated heterocycles. The summed E-state index contributed by atoms with van der Waals surface area (Å²) in [6, 6.07) is 10.2. The van der Waals surface area contributed by atoms with E-state index in [2.05, 4.69) is 10.00 Å². The Morgan fingerprint density at radius 3 is 2.67 bits per heavy atom. The lowest BCUT2D eigenvalue weighted by atomic mass is 10.2. The van der Waals surface area contributed by atoms with Gasteiger partial charge in [0.05, 0.1) is 35.2 Å². The minimum Gasteiger partial charge on any atom is -0.393 e. The highest BCUT2D eigenvalue weighted by molar-refractivity contribution is 7.91. The zero-order chi connectivity index (χ0) is 17.2. The third kappa shape index (κ3) is 3.67. The van der Waals surface area contributed by atoms with Crippen LogP contribution in [0.25, 0.3) is 0 Å². The fourth-order valence-electron chi connectivity index (χ4n) is 2.79. The molecule has 0 radical (unpaired) electrons. The molecule has 24 heavy (non-hydrogen) atoms. The maximum Gasteiger partial charge on any atom is 0.179 e. The second-order valence-electron chi connectivity index (χ2n) is 5.89. The number of sulfone groups is 1. The molecule has 1 atom stereocenters. The van der Waals surface area contributed by atoms with Crippen molar-refractivity contribution in [3.05, 3.63) is 47.8 Å². The molecule has 0 saturated carbocycles. The SMILES string of the molecule is O=S(=O)(CCN1CCn2nc(C(O)CO)cc2C1)c1ccccc1. The zero-order valence-corrected chi connectivity index (χ0v) is 14.1. The van der Waals surface area contributed by atoms with Crippen LogP contribution in [-0.2, 0) is 22.9 Å². The minimum atomic E-state index is -3.29. The molecular formula is C16H21N3O4S. The van der Waals surface area contributed by atoms with E-state index in [9.17, 15) is 13.5 Å². The number of rotatable bonds is 6. The van der Waals surface area contributed by atoms with Crippen LogP contribution in [0.3, 0.4) is 0 Å². The van der Waals surface area contributed by atoms with Gasteiger partial charge >= 0.3 is 0 Å². The Balaban J connectivity index is 1.63. The third-order valence-electron chi connectivity index (χ3n) is 4.19. The van der Waals surface area contributed by atoms with Crippen molar-refractivity contribution in [1.82, 2.24) is 14.7 Å². The molecule has 1 aromatic carbocycles. The van der Waals surface area contributed by atoms with Gasteiger partial charge in [0, 0.05) is 19.6 Å². The van der Waals surface area contributed by atoms with E-state index in [0.29, 0.717) is 36.8 Å². The van der Waals surface area contributed by atoms with Crippen LogP contribution in [0.4, 0.5) is 0 Å². The van der Waals surface area contributed by atoms with Crippen molar-refractivity contribution in [3.63, 3.8) is 0 Å². The van der Waals surface area contributed by atoms with E-state index in [1.54, 1.807) is 41.1 Å². The van der Waals surface area contributed by atoms with Gasteiger partial charge in [-0.05, 0) is 18.2 Å². The normalized spacial score (nSPS) is 16.8. The Bertz CT molecular complexity index is 789. The fourth-order valence-corrected chi connectivity index (χ4v) is 4.09. The van der Waals surface area contributed by atoms with E-state index in [-0.39, 0.29) is 12.4 Å². The fraction of sp³-hybridized carbons (Fsp3) is 0.438. The van der Waals surface area contributed by atoms with Gasteiger partial charge in [-0.3, -0.25) is 9.58 Å². The Morgan fingerprint density at radius 2 is 1.96 bits per heavy atom. The van der Waals surface area contributed by atoms with Gasteiger partial charge in [-0.15, -0.1) is 0 Å². The largest absolute Gasteiger partial charge is 0.393 e. The summed E-state index contributed by atoms with van der Waals surface area (Å²) in [7, 11) is -3.29. The molecule has 0 bridgehead atoms. The lowest BCUT2D eigenvalue weighted by Gasteiger charge is -2.27. The lowest BCUT2D eigenvalue weighted by molar-refractivity contribution is 0.0915. The van der Waals surface area contributed by atoms with Crippen molar-refractivity contribution < 1.29 is 18.6 Å². The molecule has 2 heterocycles. The number of fused-ring (bicyclic) bond motifs is 1. The number of benzene rings is 1.